The first-order valence-corrected chi connectivity index (χ1v) is 10.3. The molecular formula is C20H42N2O2. The van der Waals surface area contributed by atoms with Crippen molar-refractivity contribution in [1.82, 2.24) is 10.2 Å². The van der Waals surface area contributed by atoms with Crippen LogP contribution in [0.4, 0.5) is 0 Å². The lowest BCUT2D eigenvalue weighted by Crippen LogP contribution is -2.46. The topological polar surface area (TPSA) is 52.6 Å². The van der Waals surface area contributed by atoms with Gasteiger partial charge in [-0.25, -0.2) is 0 Å². The van der Waals surface area contributed by atoms with Crippen LogP contribution in [-0.4, -0.2) is 41.8 Å². The molecule has 24 heavy (non-hydrogen) atoms. The zero-order valence-corrected chi connectivity index (χ0v) is 16.5. The second-order valence-corrected chi connectivity index (χ2v) is 7.02. The molecule has 4 nitrogen and oxygen atoms in total. The third-order valence-corrected chi connectivity index (χ3v) is 4.69. The number of nitrogens with one attached hydrogen (secondary N) is 1. The van der Waals surface area contributed by atoms with E-state index in [2.05, 4.69) is 31.0 Å². The lowest BCUT2D eigenvalue weighted by atomic mass is 10.1. The van der Waals surface area contributed by atoms with E-state index in [0.29, 0.717) is 0 Å². The van der Waals surface area contributed by atoms with Gasteiger partial charge in [-0.15, -0.1) is 0 Å². The van der Waals surface area contributed by atoms with E-state index in [4.69, 9.17) is 5.11 Å². The van der Waals surface area contributed by atoms with Crippen LogP contribution < -0.4 is 5.32 Å². The van der Waals surface area contributed by atoms with Gasteiger partial charge in [0.2, 0.25) is 0 Å². The van der Waals surface area contributed by atoms with Crippen LogP contribution in [-0.2, 0) is 4.79 Å². The van der Waals surface area contributed by atoms with Gasteiger partial charge in [0.05, 0.1) is 12.7 Å². The number of hydrogen-bond donors (Lipinski definition) is 2. The Morgan fingerprint density at radius 1 is 0.833 bits per heavy atom. The molecule has 0 spiro atoms. The highest BCUT2D eigenvalue weighted by Gasteiger charge is 2.13. The van der Waals surface area contributed by atoms with Crippen LogP contribution in [0.3, 0.4) is 0 Å². The van der Waals surface area contributed by atoms with Crippen LogP contribution in [0.1, 0.15) is 97.8 Å². The number of aliphatic carboxylic acids is 1. The molecule has 0 rings (SSSR count). The molecule has 0 aliphatic heterocycles. The summed E-state index contributed by atoms with van der Waals surface area (Å²) in [5.41, 5.74) is 0. The Morgan fingerprint density at radius 2 is 1.25 bits per heavy atom. The number of carbonyl (C=O) groups is 1. The van der Waals surface area contributed by atoms with E-state index in [0.717, 1.165) is 13.1 Å². The van der Waals surface area contributed by atoms with Gasteiger partial charge in [-0.2, -0.15) is 0 Å². The lowest BCUT2D eigenvalue weighted by Gasteiger charge is -2.29. The molecule has 0 aromatic carbocycles. The minimum Gasteiger partial charge on any atom is -0.480 e. The molecule has 1 unspecified atom stereocenters. The van der Waals surface area contributed by atoms with E-state index in [1.807, 2.05) is 0 Å². The molecule has 0 amide bonds. The first kappa shape index (κ1) is 23.4. The van der Waals surface area contributed by atoms with E-state index in [9.17, 15) is 4.79 Å². The van der Waals surface area contributed by atoms with E-state index in [-0.39, 0.29) is 12.7 Å². The molecule has 4 heteroatoms. The highest BCUT2D eigenvalue weighted by molar-refractivity contribution is 5.69. The van der Waals surface area contributed by atoms with Gasteiger partial charge in [0.15, 0.2) is 0 Å². The maximum Gasteiger partial charge on any atom is 0.317 e. The zero-order chi connectivity index (χ0) is 18.0. The van der Waals surface area contributed by atoms with Gasteiger partial charge in [0.1, 0.15) is 0 Å². The summed E-state index contributed by atoms with van der Waals surface area (Å²) in [5, 5.41) is 12.0. The van der Waals surface area contributed by atoms with Crippen LogP contribution in [0.2, 0.25) is 0 Å². The SMILES string of the molecule is CCCCCCCCN(CCCCCCCC)C(C)NCC(=O)O. The minimum absolute atomic E-state index is 0.0463. The summed E-state index contributed by atoms with van der Waals surface area (Å²) in [4.78, 5) is 13.2. The van der Waals surface area contributed by atoms with Crippen LogP contribution >= 0.6 is 0 Å². The molecule has 0 heterocycles. The lowest BCUT2D eigenvalue weighted by molar-refractivity contribution is -0.136. The highest BCUT2D eigenvalue weighted by Crippen LogP contribution is 2.10. The minimum atomic E-state index is -0.777. The molecule has 0 saturated carbocycles. The predicted molar refractivity (Wildman–Crippen MR) is 103 cm³/mol. The van der Waals surface area contributed by atoms with Crippen molar-refractivity contribution in [3.05, 3.63) is 0 Å². The molecule has 0 aliphatic rings. The van der Waals surface area contributed by atoms with Crippen molar-refractivity contribution in [3.8, 4) is 0 Å². The quantitative estimate of drug-likeness (QED) is 0.271. The summed E-state index contributed by atoms with van der Waals surface area (Å²) >= 11 is 0. The molecule has 0 aliphatic carbocycles. The van der Waals surface area contributed by atoms with Crippen molar-refractivity contribution >= 4 is 5.97 Å². The average Bonchev–Trinajstić information content (AvgIpc) is 2.56. The monoisotopic (exact) mass is 342 g/mol. The van der Waals surface area contributed by atoms with Crippen molar-refractivity contribution in [3.63, 3.8) is 0 Å². The van der Waals surface area contributed by atoms with Crippen LogP contribution in [0.5, 0.6) is 0 Å². The van der Waals surface area contributed by atoms with Gasteiger partial charge in [0.25, 0.3) is 0 Å². The van der Waals surface area contributed by atoms with E-state index >= 15 is 0 Å². The fraction of sp³-hybridized carbons (Fsp3) is 0.950. The standard InChI is InChI=1S/C20H42N2O2/c1-4-6-8-10-12-14-16-22(19(3)21-18-20(23)24)17-15-13-11-9-7-5-2/h19,21H,4-18H2,1-3H3,(H,23,24). The third kappa shape index (κ3) is 14.9. The number of hydrogen-bond acceptors (Lipinski definition) is 3. The Morgan fingerprint density at radius 3 is 1.67 bits per heavy atom. The maximum atomic E-state index is 10.8. The number of carboxylic acids is 1. The Hall–Kier alpha value is -0.610. The molecule has 0 aromatic rings. The summed E-state index contributed by atoms with van der Waals surface area (Å²) in [6.45, 7) is 8.79. The van der Waals surface area contributed by atoms with E-state index in [1.54, 1.807) is 0 Å². The molecule has 0 aromatic heterocycles. The molecule has 0 bridgehead atoms. The van der Waals surface area contributed by atoms with Gasteiger partial charge in [0, 0.05) is 0 Å². The molecule has 0 fully saturated rings. The normalized spacial score (nSPS) is 12.7. The molecule has 2 N–H and O–H groups in total. The van der Waals surface area contributed by atoms with Crippen molar-refractivity contribution in [2.24, 2.45) is 0 Å². The van der Waals surface area contributed by atoms with Crippen LogP contribution in [0.25, 0.3) is 0 Å². The summed E-state index contributed by atoms with van der Waals surface area (Å²) in [7, 11) is 0. The zero-order valence-electron chi connectivity index (χ0n) is 16.5. The Balaban J connectivity index is 4.01. The van der Waals surface area contributed by atoms with E-state index < -0.39 is 5.97 Å². The maximum absolute atomic E-state index is 10.8. The largest absolute Gasteiger partial charge is 0.480 e. The van der Waals surface area contributed by atoms with Gasteiger partial charge < -0.3 is 5.11 Å². The first-order chi connectivity index (χ1) is 11.6. The van der Waals surface area contributed by atoms with Gasteiger partial charge in [-0.1, -0.05) is 78.1 Å². The number of nitrogens with zero attached hydrogens (tertiary/aromatic N) is 1. The van der Waals surface area contributed by atoms with Gasteiger partial charge in [-0.3, -0.25) is 15.0 Å². The number of rotatable bonds is 18. The molecule has 0 saturated heterocycles. The van der Waals surface area contributed by atoms with Gasteiger partial charge >= 0.3 is 5.97 Å². The Kier molecular flexibility index (Phi) is 16.8. The van der Waals surface area contributed by atoms with Crippen LogP contribution in [0, 0.1) is 0 Å². The first-order valence-electron chi connectivity index (χ1n) is 10.3. The van der Waals surface area contributed by atoms with Crippen molar-refractivity contribution in [1.29, 1.82) is 0 Å². The summed E-state index contributed by atoms with van der Waals surface area (Å²) in [6.07, 6.45) is 15.8. The number of carboxylic acid groups (broad SMARTS) is 1. The van der Waals surface area contributed by atoms with Crippen LogP contribution in [0.15, 0.2) is 0 Å². The smallest absolute Gasteiger partial charge is 0.317 e. The molecule has 0 radical (unpaired) electrons. The Labute approximate surface area is 150 Å². The van der Waals surface area contributed by atoms with Crippen molar-refractivity contribution in [2.75, 3.05) is 19.6 Å². The summed E-state index contributed by atoms with van der Waals surface area (Å²) in [6, 6.07) is 0. The third-order valence-electron chi connectivity index (χ3n) is 4.69. The predicted octanol–water partition coefficient (Wildman–Crippen LogP) is 5.03. The number of unbranched alkanes of at least 4 members (excludes halogenated alkanes) is 10. The second kappa shape index (κ2) is 17.2. The highest BCUT2D eigenvalue weighted by atomic mass is 16.4. The fourth-order valence-corrected chi connectivity index (χ4v) is 3.05. The molecule has 144 valence electrons. The fourth-order valence-electron chi connectivity index (χ4n) is 3.05. The average molecular weight is 343 g/mol. The Bertz CT molecular complexity index is 269. The summed E-state index contributed by atoms with van der Waals surface area (Å²) < 4.78 is 0. The second-order valence-electron chi connectivity index (χ2n) is 7.02. The molecule has 1 atom stereocenters. The van der Waals surface area contributed by atoms with Crippen molar-refractivity contribution < 1.29 is 9.90 Å². The van der Waals surface area contributed by atoms with E-state index in [1.165, 1.54) is 77.0 Å². The summed E-state index contributed by atoms with van der Waals surface area (Å²) in [5.74, 6) is -0.777. The van der Waals surface area contributed by atoms with Crippen molar-refractivity contribution in [2.45, 2.75) is 104 Å². The van der Waals surface area contributed by atoms with Gasteiger partial charge in [-0.05, 0) is 32.9 Å². The molecular weight excluding hydrogens is 300 g/mol.